The van der Waals surface area contributed by atoms with Gasteiger partial charge in [-0.2, -0.15) is 0 Å². The highest BCUT2D eigenvalue weighted by molar-refractivity contribution is 6.31. The normalized spacial score (nSPS) is 10.6. The Kier molecular flexibility index (Phi) is 4.58. The number of nitrogens with zero attached hydrogens (tertiary/aromatic N) is 2. The van der Waals surface area contributed by atoms with Crippen molar-refractivity contribution in [3.63, 3.8) is 0 Å². The number of fused-ring (bicyclic) bond motifs is 1. The molecule has 2 N–H and O–H groups in total. The summed E-state index contributed by atoms with van der Waals surface area (Å²) in [6.07, 6.45) is 3.47. The summed E-state index contributed by atoms with van der Waals surface area (Å²) in [5.74, 6) is 0.264. The van der Waals surface area contributed by atoms with Gasteiger partial charge in [0.25, 0.3) is 0 Å². The third-order valence-corrected chi connectivity index (χ3v) is 4.03. The van der Waals surface area contributed by atoms with Crippen molar-refractivity contribution in [3.8, 4) is 5.75 Å². The van der Waals surface area contributed by atoms with Crippen LogP contribution in [0, 0.1) is 0 Å². The van der Waals surface area contributed by atoms with Crippen LogP contribution in [0.25, 0.3) is 10.9 Å². The molecule has 122 valence electrons. The van der Waals surface area contributed by atoms with E-state index >= 15 is 0 Å². The predicted molar refractivity (Wildman–Crippen MR) is 99.8 cm³/mol. The zero-order valence-corrected chi connectivity index (χ0v) is 14.1. The summed E-state index contributed by atoms with van der Waals surface area (Å²) >= 11 is 6.03. The second kappa shape index (κ2) is 6.81. The zero-order chi connectivity index (χ0) is 17.1. The zero-order valence-electron chi connectivity index (χ0n) is 13.3. The van der Waals surface area contributed by atoms with Gasteiger partial charge in [0.15, 0.2) is 0 Å². The third kappa shape index (κ3) is 3.44. The number of hydrogen-bond donors (Lipinski definition) is 2. The first-order valence-corrected chi connectivity index (χ1v) is 7.90. The van der Waals surface area contributed by atoms with Crippen LogP contribution in [-0.2, 0) is 6.54 Å². The number of hydrogen-bond acceptors (Lipinski definition) is 4. The van der Waals surface area contributed by atoms with Crippen LogP contribution in [0.3, 0.4) is 0 Å². The fourth-order valence-corrected chi connectivity index (χ4v) is 2.68. The van der Waals surface area contributed by atoms with Gasteiger partial charge in [-0.1, -0.05) is 18.2 Å². The van der Waals surface area contributed by atoms with E-state index in [1.807, 2.05) is 48.3 Å². The van der Waals surface area contributed by atoms with Crippen LogP contribution in [-0.4, -0.2) is 22.0 Å². The molecule has 24 heavy (non-hydrogen) atoms. The number of anilines is 2. The first-order chi connectivity index (χ1) is 11.6. The standard InChI is InChI=1S/C19H18ClN3O/c1-3-23(2)12-13-10-15(5-7-19(13)24)22-17-8-9-21-18-11-14(20)4-6-16(17)18/h3-11,24H,1,12H2,2H3,(H,21,22). The molecule has 0 saturated heterocycles. The minimum absolute atomic E-state index is 0.264. The Bertz CT molecular complexity index is 895. The molecule has 0 bridgehead atoms. The summed E-state index contributed by atoms with van der Waals surface area (Å²) < 4.78 is 0. The van der Waals surface area contributed by atoms with Crippen molar-refractivity contribution in [2.45, 2.75) is 6.54 Å². The molecule has 1 aromatic heterocycles. The van der Waals surface area contributed by atoms with Gasteiger partial charge < -0.3 is 15.3 Å². The molecular weight excluding hydrogens is 322 g/mol. The van der Waals surface area contributed by atoms with Crippen LogP contribution in [0.1, 0.15) is 5.56 Å². The molecule has 3 rings (SSSR count). The fourth-order valence-electron chi connectivity index (χ4n) is 2.51. The highest BCUT2D eigenvalue weighted by atomic mass is 35.5. The molecular formula is C19H18ClN3O. The molecule has 0 fully saturated rings. The highest BCUT2D eigenvalue weighted by Crippen LogP contribution is 2.29. The van der Waals surface area contributed by atoms with Crippen molar-refractivity contribution >= 4 is 33.9 Å². The van der Waals surface area contributed by atoms with E-state index in [2.05, 4.69) is 16.9 Å². The second-order valence-corrected chi connectivity index (χ2v) is 6.02. The smallest absolute Gasteiger partial charge is 0.120 e. The van der Waals surface area contributed by atoms with Gasteiger partial charge in [0, 0.05) is 47.1 Å². The summed E-state index contributed by atoms with van der Waals surface area (Å²) in [5, 5.41) is 15.1. The van der Waals surface area contributed by atoms with Crippen LogP contribution in [0.15, 0.2) is 61.4 Å². The quantitative estimate of drug-likeness (QED) is 0.648. The molecule has 2 aromatic carbocycles. The lowest BCUT2D eigenvalue weighted by atomic mass is 10.1. The number of pyridine rings is 1. The van der Waals surface area contributed by atoms with Gasteiger partial charge in [-0.25, -0.2) is 0 Å². The van der Waals surface area contributed by atoms with Gasteiger partial charge in [0.2, 0.25) is 0 Å². The molecule has 4 nitrogen and oxygen atoms in total. The minimum Gasteiger partial charge on any atom is -0.508 e. The Morgan fingerprint density at radius 1 is 1.25 bits per heavy atom. The molecule has 1 heterocycles. The van der Waals surface area contributed by atoms with Crippen LogP contribution in [0.5, 0.6) is 5.75 Å². The summed E-state index contributed by atoms with van der Waals surface area (Å²) in [6.45, 7) is 4.31. The molecule has 0 radical (unpaired) electrons. The number of rotatable bonds is 5. The van der Waals surface area contributed by atoms with E-state index in [9.17, 15) is 5.11 Å². The van der Waals surface area contributed by atoms with Gasteiger partial charge in [-0.15, -0.1) is 0 Å². The molecule has 0 aliphatic heterocycles. The van der Waals surface area contributed by atoms with Gasteiger partial charge in [-0.3, -0.25) is 4.98 Å². The Labute approximate surface area is 146 Å². The maximum absolute atomic E-state index is 10.0. The molecule has 0 atom stereocenters. The van der Waals surface area contributed by atoms with E-state index in [0.717, 1.165) is 27.8 Å². The van der Waals surface area contributed by atoms with E-state index < -0.39 is 0 Å². The SMILES string of the molecule is C=CN(C)Cc1cc(Nc2ccnc3cc(Cl)ccc23)ccc1O. The molecule has 0 aliphatic carbocycles. The van der Waals surface area contributed by atoms with Crippen molar-refractivity contribution in [1.29, 1.82) is 0 Å². The number of phenols is 1. The first-order valence-electron chi connectivity index (χ1n) is 7.53. The summed E-state index contributed by atoms with van der Waals surface area (Å²) in [5.41, 5.74) is 3.48. The molecule has 0 spiro atoms. The number of aromatic nitrogens is 1. The number of phenolic OH excluding ortho intramolecular Hbond substituents is 1. The Hall–Kier alpha value is -2.72. The lowest BCUT2D eigenvalue weighted by molar-refractivity contribution is 0.420. The molecule has 5 heteroatoms. The van der Waals surface area contributed by atoms with Crippen molar-refractivity contribution in [3.05, 3.63) is 72.0 Å². The number of aromatic hydroxyl groups is 1. The Balaban J connectivity index is 1.94. The molecule has 3 aromatic rings. The van der Waals surface area contributed by atoms with Gasteiger partial charge in [0.1, 0.15) is 5.75 Å². The number of halogens is 1. The summed E-state index contributed by atoms with van der Waals surface area (Å²) in [7, 11) is 1.91. The van der Waals surface area contributed by atoms with E-state index in [1.165, 1.54) is 0 Å². The van der Waals surface area contributed by atoms with E-state index in [4.69, 9.17) is 11.6 Å². The molecule has 0 saturated carbocycles. The van der Waals surface area contributed by atoms with E-state index in [0.29, 0.717) is 11.6 Å². The van der Waals surface area contributed by atoms with Crippen LogP contribution in [0.4, 0.5) is 11.4 Å². The largest absolute Gasteiger partial charge is 0.508 e. The number of nitrogens with one attached hydrogen (secondary N) is 1. The van der Waals surface area contributed by atoms with E-state index in [-0.39, 0.29) is 5.75 Å². The summed E-state index contributed by atoms with van der Waals surface area (Å²) in [6, 6.07) is 13.0. The van der Waals surface area contributed by atoms with Gasteiger partial charge >= 0.3 is 0 Å². The fraction of sp³-hybridized carbons (Fsp3) is 0.105. The van der Waals surface area contributed by atoms with E-state index in [1.54, 1.807) is 18.5 Å². The Morgan fingerprint density at radius 2 is 2.08 bits per heavy atom. The third-order valence-electron chi connectivity index (χ3n) is 3.79. The predicted octanol–water partition coefficient (Wildman–Crippen LogP) is 4.91. The summed E-state index contributed by atoms with van der Waals surface area (Å²) in [4.78, 5) is 6.25. The first kappa shape index (κ1) is 16.1. The molecule has 0 unspecified atom stereocenters. The average Bonchev–Trinajstić information content (AvgIpc) is 2.57. The maximum Gasteiger partial charge on any atom is 0.120 e. The Morgan fingerprint density at radius 3 is 2.88 bits per heavy atom. The average molecular weight is 340 g/mol. The van der Waals surface area contributed by atoms with Crippen molar-refractivity contribution in [2.75, 3.05) is 12.4 Å². The van der Waals surface area contributed by atoms with Crippen LogP contribution >= 0.6 is 11.6 Å². The van der Waals surface area contributed by atoms with Gasteiger partial charge in [-0.05, 0) is 48.7 Å². The minimum atomic E-state index is 0.264. The lowest BCUT2D eigenvalue weighted by Gasteiger charge is -2.16. The maximum atomic E-state index is 10.0. The van der Waals surface area contributed by atoms with Crippen molar-refractivity contribution in [1.82, 2.24) is 9.88 Å². The van der Waals surface area contributed by atoms with Crippen LogP contribution < -0.4 is 5.32 Å². The van der Waals surface area contributed by atoms with Gasteiger partial charge in [0.05, 0.1) is 5.52 Å². The second-order valence-electron chi connectivity index (χ2n) is 5.59. The topological polar surface area (TPSA) is 48.4 Å². The monoisotopic (exact) mass is 339 g/mol. The number of benzene rings is 2. The molecule has 0 aliphatic rings. The molecule has 0 amide bonds. The van der Waals surface area contributed by atoms with Crippen molar-refractivity contribution in [2.24, 2.45) is 0 Å². The lowest BCUT2D eigenvalue weighted by Crippen LogP contribution is -2.09. The van der Waals surface area contributed by atoms with Crippen LogP contribution in [0.2, 0.25) is 5.02 Å². The van der Waals surface area contributed by atoms with Crippen molar-refractivity contribution < 1.29 is 5.11 Å². The highest BCUT2D eigenvalue weighted by Gasteiger charge is 2.07.